The molecule has 0 bridgehead atoms. The molecular weight excluding hydrogens is 456 g/mol. The molecule has 2 heteroatoms. The molecule has 4 aromatic carbocycles. The topological polar surface area (TPSA) is 0 Å². The molecule has 0 aromatic heterocycles. The first-order valence-corrected chi connectivity index (χ1v) is 9.93. The first kappa shape index (κ1) is 30.9. The van der Waals surface area contributed by atoms with Gasteiger partial charge in [-0.05, 0) is 12.8 Å². The summed E-state index contributed by atoms with van der Waals surface area (Å²) in [5.41, 5.74) is 5.97. The number of hydrogen-bond donors (Lipinski definition) is 0. The number of fused-ring (bicyclic) bond motifs is 2. The molecule has 0 amide bonds. The van der Waals surface area contributed by atoms with Crippen LogP contribution >= 0.6 is 0 Å². The molecule has 4 aromatic rings. The van der Waals surface area contributed by atoms with E-state index in [4.69, 9.17) is 0 Å². The van der Waals surface area contributed by atoms with E-state index in [-0.39, 0.29) is 52.0 Å². The van der Waals surface area contributed by atoms with Gasteiger partial charge in [-0.15, -0.1) is 81.2 Å². The molecule has 0 aliphatic rings. The van der Waals surface area contributed by atoms with Crippen LogP contribution in [0, 0.1) is 28.7 Å². The summed E-state index contributed by atoms with van der Waals surface area (Å²) < 4.78 is 0. The second-order valence-electron chi connectivity index (χ2n) is 7.26. The number of aryl methyl sites for hydroxylation is 4. The Hall–Kier alpha value is -1.24. The van der Waals surface area contributed by atoms with E-state index in [0.29, 0.717) is 0 Å². The van der Waals surface area contributed by atoms with Gasteiger partial charge in [0.2, 0.25) is 0 Å². The first-order valence-electron chi connectivity index (χ1n) is 9.93. The van der Waals surface area contributed by atoms with Gasteiger partial charge in [-0.1, -0.05) is 52.7 Å². The molecule has 0 N–H and O–H groups in total. The van der Waals surface area contributed by atoms with Crippen LogP contribution in [0.5, 0.6) is 0 Å². The van der Waals surface area contributed by atoms with Crippen LogP contribution in [-0.4, -0.2) is 11.0 Å². The van der Waals surface area contributed by atoms with Gasteiger partial charge in [0, 0.05) is 11.0 Å². The molecule has 0 aliphatic heterocycles. The maximum absolute atomic E-state index is 2.33. The van der Waals surface area contributed by atoms with Crippen molar-refractivity contribution in [2.75, 3.05) is 0 Å². The molecule has 0 aliphatic carbocycles. The maximum atomic E-state index is 2.33. The van der Waals surface area contributed by atoms with Gasteiger partial charge in [0.05, 0.1) is 0 Å². The number of hydrogen-bond acceptors (Lipinski definition) is 0. The Morgan fingerprint density at radius 1 is 0.633 bits per heavy atom. The SMILES string of the molecule is CCCc1[cH-]c2ccccc2c1C.CCCc1[cH-]c2ccccc2c1C.[CH3-].[CH3-].[Si].[Zr+4]. The summed E-state index contributed by atoms with van der Waals surface area (Å²) >= 11 is 0. The zero-order valence-corrected chi connectivity index (χ0v) is 23.1. The standard InChI is InChI=1S/2C13H15.2CH3.Si.Zr/c2*1-3-6-11-9-12-7-4-5-8-13(12)10(11)2;;;;/h2*4-5,7-9H,3,6H2,1-2H3;2*1H3;;/q4*-1;;+4. The van der Waals surface area contributed by atoms with Crippen molar-refractivity contribution >= 4 is 32.5 Å². The fraction of sp³-hybridized carbons (Fsp3) is 0.286. The average Bonchev–Trinajstić information content (AvgIpc) is 3.15. The number of benzene rings is 2. The van der Waals surface area contributed by atoms with Crippen LogP contribution in [0.1, 0.15) is 48.9 Å². The molecule has 30 heavy (non-hydrogen) atoms. The maximum Gasteiger partial charge on any atom is 4.00 e. The normalized spacial score (nSPS) is 9.47. The average molecular weight is 492 g/mol. The van der Waals surface area contributed by atoms with Crippen LogP contribution in [0.2, 0.25) is 0 Å². The van der Waals surface area contributed by atoms with Crippen LogP contribution in [0.4, 0.5) is 0 Å². The Bertz CT molecular complexity index is 908. The summed E-state index contributed by atoms with van der Waals surface area (Å²) in [7, 11) is 0. The molecule has 0 atom stereocenters. The van der Waals surface area contributed by atoms with Crippen LogP contribution in [-0.2, 0) is 39.0 Å². The van der Waals surface area contributed by atoms with Crippen molar-refractivity contribution in [3.05, 3.63) is 97.8 Å². The molecule has 0 saturated carbocycles. The Labute approximate surface area is 209 Å². The smallest absolute Gasteiger partial charge is 0.358 e. The third-order valence-corrected chi connectivity index (χ3v) is 5.39. The predicted octanol–water partition coefficient (Wildman–Crippen LogP) is 8.16. The molecular formula is C28H36SiZr. The van der Waals surface area contributed by atoms with Crippen LogP contribution in [0.15, 0.2) is 60.7 Å². The van der Waals surface area contributed by atoms with E-state index in [9.17, 15) is 0 Å². The Morgan fingerprint density at radius 2 is 0.967 bits per heavy atom. The van der Waals surface area contributed by atoms with Crippen molar-refractivity contribution in [1.82, 2.24) is 0 Å². The van der Waals surface area contributed by atoms with Crippen molar-refractivity contribution in [2.45, 2.75) is 53.4 Å². The Morgan fingerprint density at radius 3 is 1.27 bits per heavy atom. The molecule has 0 saturated heterocycles. The van der Waals surface area contributed by atoms with E-state index < -0.39 is 0 Å². The minimum absolute atomic E-state index is 0. The molecule has 0 heterocycles. The van der Waals surface area contributed by atoms with Crippen LogP contribution in [0.25, 0.3) is 21.5 Å². The van der Waals surface area contributed by atoms with Gasteiger partial charge in [0.15, 0.2) is 0 Å². The first-order chi connectivity index (χ1) is 12.7. The van der Waals surface area contributed by atoms with Gasteiger partial charge in [-0.25, -0.2) is 0 Å². The Balaban J connectivity index is 0. The predicted molar refractivity (Wildman–Crippen MR) is 135 cm³/mol. The van der Waals surface area contributed by atoms with Gasteiger partial charge < -0.3 is 14.9 Å². The monoisotopic (exact) mass is 490 g/mol. The van der Waals surface area contributed by atoms with Gasteiger partial charge >= 0.3 is 26.2 Å². The molecule has 4 radical (unpaired) electrons. The summed E-state index contributed by atoms with van der Waals surface area (Å²) in [6.07, 6.45) is 4.88. The minimum Gasteiger partial charge on any atom is -0.358 e. The minimum atomic E-state index is 0. The molecule has 0 nitrogen and oxygen atoms in total. The van der Waals surface area contributed by atoms with Gasteiger partial charge in [-0.2, -0.15) is 11.1 Å². The van der Waals surface area contributed by atoms with Crippen molar-refractivity contribution < 1.29 is 26.2 Å². The van der Waals surface area contributed by atoms with Crippen LogP contribution < -0.4 is 0 Å². The summed E-state index contributed by atoms with van der Waals surface area (Å²) in [6, 6.07) is 21.9. The van der Waals surface area contributed by atoms with Crippen molar-refractivity contribution in [1.29, 1.82) is 0 Å². The van der Waals surface area contributed by atoms with E-state index in [2.05, 4.69) is 88.4 Å². The molecule has 156 valence electrons. The van der Waals surface area contributed by atoms with E-state index in [1.165, 1.54) is 69.5 Å². The zero-order chi connectivity index (χ0) is 18.5. The summed E-state index contributed by atoms with van der Waals surface area (Å²) in [5, 5.41) is 5.63. The molecule has 0 unspecified atom stereocenters. The quantitative estimate of drug-likeness (QED) is 0.199. The van der Waals surface area contributed by atoms with E-state index >= 15 is 0 Å². The third kappa shape index (κ3) is 6.89. The molecule has 0 fully saturated rings. The fourth-order valence-electron chi connectivity index (χ4n) is 3.92. The third-order valence-electron chi connectivity index (χ3n) is 5.39. The molecule has 4 rings (SSSR count). The second kappa shape index (κ2) is 14.7. The summed E-state index contributed by atoms with van der Waals surface area (Å²) in [5.74, 6) is 0. The van der Waals surface area contributed by atoms with Crippen LogP contribution in [0.3, 0.4) is 0 Å². The van der Waals surface area contributed by atoms with Gasteiger partial charge in [0.1, 0.15) is 0 Å². The van der Waals surface area contributed by atoms with Crippen molar-refractivity contribution in [2.24, 2.45) is 0 Å². The largest absolute Gasteiger partial charge is 4.00 e. The van der Waals surface area contributed by atoms with Crippen molar-refractivity contribution in [3.8, 4) is 0 Å². The fourth-order valence-corrected chi connectivity index (χ4v) is 3.92. The molecule has 0 spiro atoms. The second-order valence-corrected chi connectivity index (χ2v) is 7.26. The zero-order valence-electron chi connectivity index (χ0n) is 19.6. The van der Waals surface area contributed by atoms with E-state index in [0.717, 1.165) is 0 Å². The summed E-state index contributed by atoms with van der Waals surface area (Å²) in [6.45, 7) is 8.93. The number of rotatable bonds is 4. The van der Waals surface area contributed by atoms with Gasteiger partial charge in [-0.3, -0.25) is 0 Å². The van der Waals surface area contributed by atoms with Crippen molar-refractivity contribution in [3.63, 3.8) is 0 Å². The summed E-state index contributed by atoms with van der Waals surface area (Å²) in [4.78, 5) is 0. The van der Waals surface area contributed by atoms with E-state index in [1.807, 2.05) is 0 Å². The van der Waals surface area contributed by atoms with Gasteiger partial charge in [0.25, 0.3) is 0 Å². The Kier molecular flexibility index (Phi) is 15.2. The van der Waals surface area contributed by atoms with E-state index in [1.54, 1.807) is 0 Å².